The number of phenolic OH excluding ortho intramolecular Hbond substituents is 1. The summed E-state index contributed by atoms with van der Waals surface area (Å²) in [4.78, 5) is 15.8. The SMILES string of the molecule is O=C(O)/C(=C/c1ccccc1O)Sc1n[nH]c(-c2ccc(Cl)cc2)n1. The fourth-order valence-electron chi connectivity index (χ4n) is 2.01. The van der Waals surface area contributed by atoms with E-state index in [9.17, 15) is 15.0 Å². The molecule has 0 unspecified atom stereocenters. The monoisotopic (exact) mass is 373 g/mol. The summed E-state index contributed by atoms with van der Waals surface area (Å²) in [5.41, 5.74) is 1.19. The van der Waals surface area contributed by atoms with Gasteiger partial charge in [-0.15, -0.1) is 5.10 Å². The van der Waals surface area contributed by atoms with Crippen LogP contribution in [0.2, 0.25) is 5.02 Å². The summed E-state index contributed by atoms with van der Waals surface area (Å²) in [5.74, 6) is -0.628. The van der Waals surface area contributed by atoms with E-state index >= 15 is 0 Å². The van der Waals surface area contributed by atoms with Gasteiger partial charge in [0.05, 0.1) is 0 Å². The quantitative estimate of drug-likeness (QED) is 0.461. The van der Waals surface area contributed by atoms with Crippen molar-refractivity contribution in [2.75, 3.05) is 0 Å². The predicted molar refractivity (Wildman–Crippen MR) is 96.4 cm³/mol. The van der Waals surface area contributed by atoms with E-state index in [-0.39, 0.29) is 15.8 Å². The number of rotatable bonds is 5. The van der Waals surface area contributed by atoms with Crippen LogP contribution in [-0.2, 0) is 4.79 Å². The molecule has 0 bridgehead atoms. The lowest BCUT2D eigenvalue weighted by Crippen LogP contribution is -1.97. The highest BCUT2D eigenvalue weighted by atomic mass is 35.5. The third-order valence-corrected chi connectivity index (χ3v) is 4.35. The Balaban J connectivity index is 1.85. The number of nitrogens with one attached hydrogen (secondary N) is 1. The van der Waals surface area contributed by atoms with Crippen molar-refractivity contribution >= 4 is 35.4 Å². The van der Waals surface area contributed by atoms with Crippen LogP contribution in [0, 0.1) is 0 Å². The predicted octanol–water partition coefficient (Wildman–Crippen LogP) is 4.05. The van der Waals surface area contributed by atoms with Gasteiger partial charge in [-0.1, -0.05) is 29.8 Å². The molecule has 0 fully saturated rings. The third kappa shape index (κ3) is 4.20. The van der Waals surface area contributed by atoms with Crippen LogP contribution in [0.1, 0.15) is 5.56 Å². The number of para-hydroxylation sites is 1. The topological polar surface area (TPSA) is 99.1 Å². The fraction of sp³-hybridized carbons (Fsp3) is 0. The molecule has 0 atom stereocenters. The van der Waals surface area contributed by atoms with E-state index in [2.05, 4.69) is 15.2 Å². The molecule has 126 valence electrons. The van der Waals surface area contributed by atoms with Crippen LogP contribution in [0.25, 0.3) is 17.5 Å². The van der Waals surface area contributed by atoms with E-state index in [1.165, 1.54) is 12.1 Å². The van der Waals surface area contributed by atoms with Gasteiger partial charge >= 0.3 is 5.97 Å². The number of hydrogen-bond acceptors (Lipinski definition) is 5. The highest BCUT2D eigenvalue weighted by Gasteiger charge is 2.15. The molecule has 3 N–H and O–H groups in total. The van der Waals surface area contributed by atoms with Crippen molar-refractivity contribution in [3.63, 3.8) is 0 Å². The molecule has 1 aromatic heterocycles. The smallest absolute Gasteiger partial charge is 0.342 e. The molecule has 0 amide bonds. The number of halogens is 1. The van der Waals surface area contributed by atoms with E-state index < -0.39 is 5.97 Å². The molecule has 8 heteroatoms. The number of H-pyrrole nitrogens is 1. The maximum Gasteiger partial charge on any atom is 0.342 e. The van der Waals surface area contributed by atoms with E-state index in [0.717, 1.165) is 17.3 Å². The molecular weight excluding hydrogens is 362 g/mol. The van der Waals surface area contributed by atoms with Crippen molar-refractivity contribution in [3.8, 4) is 17.1 Å². The Morgan fingerprint density at radius 1 is 1.16 bits per heavy atom. The molecule has 0 aliphatic heterocycles. The van der Waals surface area contributed by atoms with E-state index in [1.54, 1.807) is 42.5 Å². The Kier molecular flexibility index (Phi) is 5.06. The minimum Gasteiger partial charge on any atom is -0.507 e. The van der Waals surface area contributed by atoms with E-state index in [0.29, 0.717) is 16.4 Å². The second kappa shape index (κ2) is 7.42. The van der Waals surface area contributed by atoms with Crippen molar-refractivity contribution < 1.29 is 15.0 Å². The largest absolute Gasteiger partial charge is 0.507 e. The first-order valence-electron chi connectivity index (χ1n) is 7.12. The lowest BCUT2D eigenvalue weighted by Gasteiger charge is -2.01. The molecule has 3 aromatic rings. The third-order valence-electron chi connectivity index (χ3n) is 3.22. The summed E-state index contributed by atoms with van der Waals surface area (Å²) < 4.78 is 0. The lowest BCUT2D eigenvalue weighted by atomic mass is 10.2. The number of nitrogens with zero attached hydrogens (tertiary/aromatic N) is 2. The van der Waals surface area contributed by atoms with Crippen molar-refractivity contribution in [2.24, 2.45) is 0 Å². The van der Waals surface area contributed by atoms with Crippen LogP contribution in [0.15, 0.2) is 58.6 Å². The molecule has 6 nitrogen and oxygen atoms in total. The number of aliphatic carboxylic acids is 1. The van der Waals surface area contributed by atoms with Crippen LogP contribution in [0.5, 0.6) is 5.75 Å². The van der Waals surface area contributed by atoms with Gasteiger partial charge in [-0.05, 0) is 48.2 Å². The molecule has 0 saturated heterocycles. The van der Waals surface area contributed by atoms with E-state index in [4.69, 9.17) is 11.6 Å². The number of aromatic amines is 1. The number of carboxylic acids is 1. The minimum atomic E-state index is -1.13. The average Bonchev–Trinajstić information content (AvgIpc) is 3.05. The first-order valence-corrected chi connectivity index (χ1v) is 8.31. The second-order valence-electron chi connectivity index (χ2n) is 4.95. The van der Waals surface area contributed by atoms with Gasteiger partial charge in [-0.25, -0.2) is 9.78 Å². The van der Waals surface area contributed by atoms with Gasteiger partial charge in [0, 0.05) is 16.1 Å². The van der Waals surface area contributed by atoms with Gasteiger partial charge in [-0.2, -0.15) is 0 Å². The Hall–Kier alpha value is -2.77. The molecule has 0 saturated carbocycles. The molecule has 3 rings (SSSR count). The van der Waals surface area contributed by atoms with Gasteiger partial charge in [0.2, 0.25) is 5.16 Å². The number of benzene rings is 2. The second-order valence-corrected chi connectivity index (χ2v) is 6.39. The first kappa shape index (κ1) is 17.1. The molecular formula is C17H12ClN3O3S. The maximum atomic E-state index is 11.5. The summed E-state index contributed by atoms with van der Waals surface area (Å²) in [6.07, 6.45) is 1.38. The first-order chi connectivity index (χ1) is 12.0. The summed E-state index contributed by atoms with van der Waals surface area (Å²) in [6.45, 7) is 0. The van der Waals surface area contributed by atoms with Crippen molar-refractivity contribution in [1.29, 1.82) is 0 Å². The van der Waals surface area contributed by atoms with Crippen molar-refractivity contribution in [3.05, 3.63) is 64.0 Å². The fourth-order valence-corrected chi connectivity index (χ4v) is 2.84. The zero-order chi connectivity index (χ0) is 17.8. The summed E-state index contributed by atoms with van der Waals surface area (Å²) in [7, 11) is 0. The Morgan fingerprint density at radius 2 is 1.88 bits per heavy atom. The van der Waals surface area contributed by atoms with Gasteiger partial charge in [0.25, 0.3) is 0 Å². The van der Waals surface area contributed by atoms with Crippen molar-refractivity contribution in [2.45, 2.75) is 5.16 Å². The van der Waals surface area contributed by atoms with Crippen LogP contribution in [0.3, 0.4) is 0 Å². The number of carboxylic acid groups (broad SMARTS) is 1. The lowest BCUT2D eigenvalue weighted by molar-refractivity contribution is -0.131. The molecule has 0 spiro atoms. The Morgan fingerprint density at radius 3 is 2.56 bits per heavy atom. The van der Waals surface area contributed by atoms with E-state index in [1.807, 2.05) is 0 Å². The van der Waals surface area contributed by atoms with Crippen LogP contribution in [0.4, 0.5) is 0 Å². The molecule has 0 aliphatic rings. The number of phenols is 1. The average molecular weight is 374 g/mol. The zero-order valence-corrected chi connectivity index (χ0v) is 14.3. The normalized spacial score (nSPS) is 11.5. The number of carbonyl (C=O) groups is 1. The van der Waals surface area contributed by atoms with Gasteiger partial charge < -0.3 is 10.2 Å². The zero-order valence-electron chi connectivity index (χ0n) is 12.7. The van der Waals surface area contributed by atoms with Crippen molar-refractivity contribution in [1.82, 2.24) is 15.2 Å². The van der Waals surface area contributed by atoms with Crippen LogP contribution in [-0.4, -0.2) is 31.4 Å². The molecule has 1 heterocycles. The van der Waals surface area contributed by atoms with Gasteiger partial charge in [-0.3, -0.25) is 5.10 Å². The van der Waals surface area contributed by atoms with Crippen LogP contribution >= 0.6 is 23.4 Å². The number of thioether (sulfide) groups is 1. The number of aromatic nitrogens is 3. The molecule has 25 heavy (non-hydrogen) atoms. The summed E-state index contributed by atoms with van der Waals surface area (Å²) in [5, 5.41) is 26.8. The summed E-state index contributed by atoms with van der Waals surface area (Å²) in [6, 6.07) is 13.5. The Bertz CT molecular complexity index is 938. The Labute approximate surface area is 152 Å². The van der Waals surface area contributed by atoms with Gasteiger partial charge in [0.1, 0.15) is 10.7 Å². The molecule has 0 radical (unpaired) electrons. The maximum absolute atomic E-state index is 11.5. The highest BCUT2D eigenvalue weighted by molar-refractivity contribution is 8.04. The standard InChI is InChI=1S/C17H12ClN3O3S/c18-12-7-5-10(6-8-12)15-19-17(21-20-15)25-14(16(23)24)9-11-3-1-2-4-13(11)22/h1-9,22H,(H,23,24)(H,19,20,21)/b14-9-. The minimum absolute atomic E-state index is 0.00121. The molecule has 2 aromatic carbocycles. The highest BCUT2D eigenvalue weighted by Crippen LogP contribution is 2.29. The number of aromatic hydroxyl groups is 1. The van der Waals surface area contributed by atoms with Crippen LogP contribution < -0.4 is 0 Å². The molecule has 0 aliphatic carbocycles. The number of hydrogen-bond donors (Lipinski definition) is 3. The van der Waals surface area contributed by atoms with Gasteiger partial charge in [0.15, 0.2) is 5.82 Å². The summed E-state index contributed by atoms with van der Waals surface area (Å²) >= 11 is 6.74.